The lowest BCUT2D eigenvalue weighted by molar-refractivity contribution is -0.148. The van der Waals surface area contributed by atoms with Crippen LogP contribution in [0.15, 0.2) is 47.4 Å². The number of benzene rings is 2. The summed E-state index contributed by atoms with van der Waals surface area (Å²) >= 11 is 6.07. The highest BCUT2D eigenvalue weighted by atomic mass is 35.5. The van der Waals surface area contributed by atoms with Gasteiger partial charge in [0.05, 0.1) is 25.9 Å². The summed E-state index contributed by atoms with van der Waals surface area (Å²) in [6, 6.07) is 11.5. The van der Waals surface area contributed by atoms with Crippen molar-refractivity contribution in [3.63, 3.8) is 0 Å². The smallest absolute Gasteiger partial charge is 0.348 e. The highest BCUT2D eigenvalue weighted by molar-refractivity contribution is 7.89. The van der Waals surface area contributed by atoms with E-state index in [0.29, 0.717) is 35.9 Å². The second-order valence-corrected chi connectivity index (χ2v) is 10.6. The van der Waals surface area contributed by atoms with Crippen LogP contribution in [0.5, 0.6) is 11.5 Å². The second-order valence-electron chi connectivity index (χ2n) is 8.25. The highest BCUT2D eigenvalue weighted by Crippen LogP contribution is 2.37. The number of methoxy groups -OCH3 is 1. The van der Waals surface area contributed by atoms with Crippen molar-refractivity contribution < 1.29 is 32.2 Å². The van der Waals surface area contributed by atoms with E-state index in [-0.39, 0.29) is 36.2 Å². The van der Waals surface area contributed by atoms with Crippen LogP contribution in [0.2, 0.25) is 5.02 Å². The van der Waals surface area contributed by atoms with Crippen molar-refractivity contribution in [3.05, 3.63) is 47.5 Å². The molecule has 188 valence electrons. The molecule has 0 aliphatic carbocycles. The van der Waals surface area contributed by atoms with Crippen molar-refractivity contribution >= 4 is 39.2 Å². The van der Waals surface area contributed by atoms with Gasteiger partial charge in [-0.1, -0.05) is 23.7 Å². The Morgan fingerprint density at radius 1 is 1.14 bits per heavy atom. The van der Waals surface area contributed by atoms with Crippen molar-refractivity contribution in [2.24, 2.45) is 5.92 Å². The highest BCUT2D eigenvalue weighted by Gasteiger charge is 2.39. The van der Waals surface area contributed by atoms with Crippen LogP contribution in [0.1, 0.15) is 19.8 Å². The SMILES string of the molecule is CCOc1ccc(Cl)cc1S(=O)(=O)N1CCC(C(=O)N2C[C@@H](C(=O)OC)Oc3ccccc32)CC1. The van der Waals surface area contributed by atoms with E-state index in [2.05, 4.69) is 0 Å². The molecule has 0 radical (unpaired) electrons. The lowest BCUT2D eigenvalue weighted by Gasteiger charge is -2.37. The lowest BCUT2D eigenvalue weighted by Crippen LogP contribution is -2.51. The van der Waals surface area contributed by atoms with Crippen LogP contribution >= 0.6 is 11.6 Å². The topological polar surface area (TPSA) is 102 Å². The first-order valence-electron chi connectivity index (χ1n) is 11.3. The quantitative estimate of drug-likeness (QED) is 0.537. The monoisotopic (exact) mass is 522 g/mol. The number of amides is 1. The normalized spacial score (nSPS) is 18.9. The summed E-state index contributed by atoms with van der Waals surface area (Å²) in [5.41, 5.74) is 0.577. The Morgan fingerprint density at radius 3 is 2.54 bits per heavy atom. The molecule has 9 nitrogen and oxygen atoms in total. The number of nitrogens with zero attached hydrogens (tertiary/aromatic N) is 2. The number of anilines is 1. The molecule has 2 heterocycles. The van der Waals surface area contributed by atoms with Crippen LogP contribution in [0.3, 0.4) is 0 Å². The van der Waals surface area contributed by atoms with E-state index in [0.717, 1.165) is 0 Å². The van der Waals surface area contributed by atoms with Gasteiger partial charge in [0.25, 0.3) is 0 Å². The Balaban J connectivity index is 1.50. The molecule has 0 N–H and O–H groups in total. The third kappa shape index (κ3) is 5.10. The number of fused-ring (bicyclic) bond motifs is 1. The zero-order valence-corrected chi connectivity index (χ0v) is 21.0. The Hall–Kier alpha value is -2.82. The maximum Gasteiger partial charge on any atom is 0.348 e. The van der Waals surface area contributed by atoms with Gasteiger partial charge in [-0.25, -0.2) is 13.2 Å². The van der Waals surface area contributed by atoms with Crippen LogP contribution in [0.25, 0.3) is 0 Å². The van der Waals surface area contributed by atoms with Crippen molar-refractivity contribution in [1.29, 1.82) is 0 Å². The zero-order valence-electron chi connectivity index (χ0n) is 19.5. The fourth-order valence-corrected chi connectivity index (χ4v) is 6.22. The lowest BCUT2D eigenvalue weighted by atomic mass is 9.95. The van der Waals surface area contributed by atoms with Gasteiger partial charge in [-0.15, -0.1) is 0 Å². The van der Waals surface area contributed by atoms with Crippen LogP contribution in [-0.4, -0.2) is 64.1 Å². The molecule has 0 aromatic heterocycles. The first-order chi connectivity index (χ1) is 16.8. The molecule has 11 heteroatoms. The van der Waals surface area contributed by atoms with E-state index in [1.54, 1.807) is 48.2 Å². The molecule has 35 heavy (non-hydrogen) atoms. The van der Waals surface area contributed by atoms with E-state index < -0.39 is 28.0 Å². The number of halogens is 1. The van der Waals surface area contributed by atoms with Crippen LogP contribution in [0.4, 0.5) is 5.69 Å². The average molecular weight is 523 g/mol. The van der Waals surface area contributed by atoms with E-state index >= 15 is 0 Å². The second kappa shape index (κ2) is 10.4. The Kier molecular flexibility index (Phi) is 7.53. The van der Waals surface area contributed by atoms with Gasteiger partial charge >= 0.3 is 5.97 Å². The van der Waals surface area contributed by atoms with Gasteiger partial charge in [0.2, 0.25) is 22.0 Å². The summed E-state index contributed by atoms with van der Waals surface area (Å²) in [5, 5.41) is 0.295. The van der Waals surface area contributed by atoms with Gasteiger partial charge in [-0.2, -0.15) is 4.31 Å². The number of hydrogen-bond donors (Lipinski definition) is 0. The standard InChI is InChI=1S/C24H27ClN2O7S/c1-3-33-20-9-8-17(25)14-22(20)35(30,31)26-12-10-16(11-13-26)23(28)27-15-21(24(29)32-2)34-19-7-5-4-6-18(19)27/h4-9,14,16,21H,3,10-13,15H2,1-2H3/t21-/m0/s1. The Labute approximate surface area is 209 Å². The molecular weight excluding hydrogens is 496 g/mol. The van der Waals surface area contributed by atoms with Gasteiger partial charge < -0.3 is 19.1 Å². The van der Waals surface area contributed by atoms with Gasteiger partial charge in [-0.05, 0) is 50.1 Å². The number of carbonyl (C=O) groups excluding carboxylic acids is 2. The summed E-state index contributed by atoms with van der Waals surface area (Å²) < 4.78 is 44.1. The van der Waals surface area contributed by atoms with Gasteiger partial charge in [0.1, 0.15) is 16.4 Å². The average Bonchev–Trinajstić information content (AvgIpc) is 2.88. The molecular formula is C24H27ClN2O7S. The predicted octanol–water partition coefficient (Wildman–Crippen LogP) is 3.11. The number of hydrogen-bond acceptors (Lipinski definition) is 7. The summed E-state index contributed by atoms with van der Waals surface area (Å²) in [6.45, 7) is 2.46. The number of piperidine rings is 1. The van der Waals surface area contributed by atoms with Crippen molar-refractivity contribution in [2.75, 3.05) is 38.3 Å². The molecule has 0 unspecified atom stereocenters. The number of carbonyl (C=O) groups is 2. The molecule has 2 aliphatic rings. The fraction of sp³-hybridized carbons (Fsp3) is 0.417. The number of rotatable bonds is 6. The molecule has 0 bridgehead atoms. The van der Waals surface area contributed by atoms with Crippen LogP contribution < -0.4 is 14.4 Å². The number of para-hydroxylation sites is 2. The minimum atomic E-state index is -3.87. The van der Waals surface area contributed by atoms with Gasteiger partial charge in [-0.3, -0.25) is 4.79 Å². The predicted molar refractivity (Wildman–Crippen MR) is 129 cm³/mol. The van der Waals surface area contributed by atoms with Gasteiger partial charge in [0, 0.05) is 24.0 Å². The van der Waals surface area contributed by atoms with Crippen LogP contribution in [0, 0.1) is 5.92 Å². The van der Waals surface area contributed by atoms with Crippen LogP contribution in [-0.2, 0) is 24.3 Å². The molecule has 1 saturated heterocycles. The molecule has 1 atom stereocenters. The minimum Gasteiger partial charge on any atom is -0.492 e. The maximum absolute atomic E-state index is 13.5. The molecule has 0 saturated carbocycles. The molecule has 2 aromatic carbocycles. The zero-order chi connectivity index (χ0) is 25.2. The van der Waals surface area contributed by atoms with E-state index in [1.165, 1.54) is 17.5 Å². The molecule has 2 aliphatic heterocycles. The molecule has 4 rings (SSSR count). The fourth-order valence-electron chi connectivity index (χ4n) is 4.36. The summed E-state index contributed by atoms with van der Waals surface area (Å²) in [4.78, 5) is 27.2. The summed E-state index contributed by atoms with van der Waals surface area (Å²) in [7, 11) is -2.60. The van der Waals surface area contributed by atoms with Crippen molar-refractivity contribution in [1.82, 2.24) is 4.31 Å². The van der Waals surface area contributed by atoms with E-state index in [9.17, 15) is 18.0 Å². The third-order valence-electron chi connectivity index (χ3n) is 6.13. The van der Waals surface area contributed by atoms with E-state index in [4.69, 9.17) is 25.8 Å². The third-order valence-corrected chi connectivity index (χ3v) is 8.29. The number of sulfonamides is 1. The Bertz CT molecular complexity index is 1210. The molecule has 2 aromatic rings. The van der Waals surface area contributed by atoms with E-state index in [1.807, 2.05) is 0 Å². The van der Waals surface area contributed by atoms with Crippen molar-refractivity contribution in [3.8, 4) is 11.5 Å². The molecule has 1 amide bonds. The molecule has 1 fully saturated rings. The Morgan fingerprint density at radius 2 is 1.86 bits per heavy atom. The molecule has 0 spiro atoms. The number of ether oxygens (including phenoxy) is 3. The number of esters is 1. The minimum absolute atomic E-state index is 0.0136. The summed E-state index contributed by atoms with van der Waals surface area (Å²) in [6.07, 6.45) is -0.255. The summed E-state index contributed by atoms with van der Waals surface area (Å²) in [5.74, 6) is -0.480. The maximum atomic E-state index is 13.5. The first-order valence-corrected chi connectivity index (χ1v) is 13.2. The van der Waals surface area contributed by atoms with Gasteiger partial charge in [0.15, 0.2) is 0 Å². The first kappa shape index (κ1) is 25.3. The largest absolute Gasteiger partial charge is 0.492 e. The van der Waals surface area contributed by atoms with Crippen molar-refractivity contribution in [2.45, 2.75) is 30.8 Å².